The summed E-state index contributed by atoms with van der Waals surface area (Å²) in [6.07, 6.45) is -2.29. The SMILES string of the molecule is CC(C(=O)O)c1cccc(C(=O)c2ccccc2)c1.O=C(O)CC(O)(CC(=O)O)C(=O)O. The average molecular weight is 446 g/mol. The van der Waals surface area contributed by atoms with E-state index in [4.69, 9.17) is 25.5 Å². The van der Waals surface area contributed by atoms with E-state index in [1.54, 1.807) is 55.5 Å². The summed E-state index contributed by atoms with van der Waals surface area (Å²) in [5.41, 5.74) is -0.994. The van der Waals surface area contributed by atoms with E-state index in [9.17, 15) is 24.0 Å². The van der Waals surface area contributed by atoms with Crippen LogP contribution < -0.4 is 0 Å². The quantitative estimate of drug-likeness (QED) is 0.356. The molecule has 0 aliphatic rings. The summed E-state index contributed by atoms with van der Waals surface area (Å²) in [6.45, 7) is 1.61. The molecule has 1 atom stereocenters. The van der Waals surface area contributed by atoms with Gasteiger partial charge in [0.05, 0.1) is 18.8 Å². The predicted octanol–water partition coefficient (Wildman–Crippen LogP) is 1.86. The van der Waals surface area contributed by atoms with Gasteiger partial charge in [0.15, 0.2) is 11.4 Å². The third kappa shape index (κ3) is 7.65. The number of carbonyl (C=O) groups is 5. The topological polar surface area (TPSA) is 186 Å². The first kappa shape index (κ1) is 26.0. The molecule has 2 aromatic carbocycles. The molecule has 2 aromatic rings. The van der Waals surface area contributed by atoms with Crippen LogP contribution in [0.15, 0.2) is 54.6 Å². The van der Waals surface area contributed by atoms with Gasteiger partial charge in [0.1, 0.15) is 0 Å². The summed E-state index contributed by atoms with van der Waals surface area (Å²) in [7, 11) is 0. The molecule has 10 heteroatoms. The van der Waals surface area contributed by atoms with Gasteiger partial charge in [0.25, 0.3) is 0 Å². The molecule has 0 spiro atoms. The Morgan fingerprint density at radius 1 is 0.781 bits per heavy atom. The van der Waals surface area contributed by atoms with Gasteiger partial charge in [-0.2, -0.15) is 0 Å². The molecule has 170 valence electrons. The first-order chi connectivity index (χ1) is 14.9. The number of aliphatic hydroxyl groups is 1. The number of carboxylic acids is 4. The van der Waals surface area contributed by atoms with Crippen molar-refractivity contribution in [3.8, 4) is 0 Å². The zero-order valence-electron chi connectivity index (χ0n) is 17.0. The lowest BCUT2D eigenvalue weighted by Gasteiger charge is -2.18. The van der Waals surface area contributed by atoms with Crippen molar-refractivity contribution < 1.29 is 49.5 Å². The summed E-state index contributed by atoms with van der Waals surface area (Å²) in [5, 5.41) is 42.8. The average Bonchev–Trinajstić information content (AvgIpc) is 2.72. The molecule has 0 aliphatic carbocycles. The Kier molecular flexibility index (Phi) is 9.23. The maximum absolute atomic E-state index is 12.2. The van der Waals surface area contributed by atoms with Gasteiger partial charge in [-0.05, 0) is 18.6 Å². The normalized spacial score (nSPS) is 11.4. The minimum atomic E-state index is -2.74. The van der Waals surface area contributed by atoms with Crippen LogP contribution in [-0.2, 0) is 19.2 Å². The number of rotatable bonds is 9. The van der Waals surface area contributed by atoms with Crippen molar-refractivity contribution in [1.29, 1.82) is 0 Å². The molecule has 10 nitrogen and oxygen atoms in total. The molecule has 0 saturated carbocycles. The van der Waals surface area contributed by atoms with Gasteiger partial charge in [-0.15, -0.1) is 0 Å². The summed E-state index contributed by atoms with van der Waals surface area (Å²) >= 11 is 0. The van der Waals surface area contributed by atoms with Crippen LogP contribution in [0.2, 0.25) is 0 Å². The number of aliphatic carboxylic acids is 4. The maximum Gasteiger partial charge on any atom is 0.336 e. The van der Waals surface area contributed by atoms with Gasteiger partial charge in [0.2, 0.25) is 0 Å². The second-order valence-electron chi connectivity index (χ2n) is 6.86. The van der Waals surface area contributed by atoms with Crippen LogP contribution in [0, 0.1) is 0 Å². The van der Waals surface area contributed by atoms with Crippen molar-refractivity contribution in [3.05, 3.63) is 71.3 Å². The minimum absolute atomic E-state index is 0.0972. The number of hydrogen-bond donors (Lipinski definition) is 5. The van der Waals surface area contributed by atoms with Crippen LogP contribution >= 0.6 is 0 Å². The molecule has 0 fully saturated rings. The lowest BCUT2D eigenvalue weighted by Crippen LogP contribution is -2.42. The predicted molar refractivity (Wildman–Crippen MR) is 109 cm³/mol. The second-order valence-corrected chi connectivity index (χ2v) is 6.86. The molecule has 2 rings (SSSR count). The molecule has 1 unspecified atom stereocenters. The lowest BCUT2D eigenvalue weighted by molar-refractivity contribution is -0.170. The third-order valence-corrected chi connectivity index (χ3v) is 4.34. The van der Waals surface area contributed by atoms with Crippen LogP contribution in [0.5, 0.6) is 0 Å². The van der Waals surface area contributed by atoms with E-state index in [0.29, 0.717) is 16.7 Å². The highest BCUT2D eigenvalue weighted by Crippen LogP contribution is 2.19. The molecule has 0 aliphatic heterocycles. The molecule has 5 N–H and O–H groups in total. The van der Waals surface area contributed by atoms with Gasteiger partial charge >= 0.3 is 23.9 Å². The first-order valence-corrected chi connectivity index (χ1v) is 9.19. The molecular formula is C22H22O10. The Balaban J connectivity index is 0.000000347. The molecule has 0 bridgehead atoms. The highest BCUT2D eigenvalue weighted by atomic mass is 16.4. The number of ketones is 1. The summed E-state index contributed by atoms with van der Waals surface area (Å²) in [5.74, 6) is -6.64. The molecule has 0 heterocycles. The van der Waals surface area contributed by atoms with Crippen LogP contribution in [0.1, 0.15) is 47.2 Å². The summed E-state index contributed by atoms with van der Waals surface area (Å²) in [6, 6.07) is 15.7. The van der Waals surface area contributed by atoms with E-state index < -0.39 is 48.2 Å². The van der Waals surface area contributed by atoms with Gasteiger partial charge in [-0.25, -0.2) is 4.79 Å². The Morgan fingerprint density at radius 3 is 1.72 bits per heavy atom. The highest BCUT2D eigenvalue weighted by molar-refractivity contribution is 6.09. The van der Waals surface area contributed by atoms with E-state index in [2.05, 4.69) is 0 Å². The van der Waals surface area contributed by atoms with E-state index in [1.807, 2.05) is 6.07 Å². The van der Waals surface area contributed by atoms with Crippen molar-refractivity contribution in [1.82, 2.24) is 0 Å². The summed E-state index contributed by atoms with van der Waals surface area (Å²) < 4.78 is 0. The van der Waals surface area contributed by atoms with Crippen molar-refractivity contribution in [2.45, 2.75) is 31.3 Å². The largest absolute Gasteiger partial charge is 0.481 e. The molecular weight excluding hydrogens is 424 g/mol. The van der Waals surface area contributed by atoms with E-state index in [1.165, 1.54) is 0 Å². The lowest BCUT2D eigenvalue weighted by atomic mass is 9.96. The fourth-order valence-corrected chi connectivity index (χ4v) is 2.56. The zero-order chi connectivity index (χ0) is 24.5. The highest BCUT2D eigenvalue weighted by Gasteiger charge is 2.40. The van der Waals surface area contributed by atoms with Gasteiger partial charge in [-0.1, -0.05) is 48.5 Å². The second kappa shape index (κ2) is 11.4. The van der Waals surface area contributed by atoms with Crippen molar-refractivity contribution >= 4 is 29.7 Å². The van der Waals surface area contributed by atoms with E-state index in [0.717, 1.165) is 0 Å². The number of hydrogen-bond acceptors (Lipinski definition) is 6. The molecule has 0 radical (unpaired) electrons. The Labute approximate surface area is 182 Å². The third-order valence-electron chi connectivity index (χ3n) is 4.34. The monoisotopic (exact) mass is 446 g/mol. The maximum atomic E-state index is 12.2. The first-order valence-electron chi connectivity index (χ1n) is 9.19. The van der Waals surface area contributed by atoms with Crippen molar-refractivity contribution in [2.24, 2.45) is 0 Å². The van der Waals surface area contributed by atoms with Gasteiger partial charge in [0, 0.05) is 11.1 Å². The number of carbonyl (C=O) groups excluding carboxylic acids is 1. The van der Waals surface area contributed by atoms with Crippen LogP contribution in [-0.4, -0.2) is 60.8 Å². The van der Waals surface area contributed by atoms with Crippen molar-refractivity contribution in [2.75, 3.05) is 0 Å². The fraction of sp³-hybridized carbons (Fsp3) is 0.227. The molecule has 32 heavy (non-hydrogen) atoms. The van der Waals surface area contributed by atoms with E-state index >= 15 is 0 Å². The molecule has 0 amide bonds. The molecule has 0 saturated heterocycles. The number of benzene rings is 2. The van der Waals surface area contributed by atoms with Crippen LogP contribution in [0.3, 0.4) is 0 Å². The van der Waals surface area contributed by atoms with Gasteiger partial charge in [-0.3, -0.25) is 19.2 Å². The Hall–Kier alpha value is -4.05. The Morgan fingerprint density at radius 2 is 1.28 bits per heavy atom. The van der Waals surface area contributed by atoms with Gasteiger partial charge < -0.3 is 25.5 Å². The van der Waals surface area contributed by atoms with Crippen molar-refractivity contribution in [3.63, 3.8) is 0 Å². The Bertz CT molecular complexity index is 981. The van der Waals surface area contributed by atoms with E-state index in [-0.39, 0.29) is 5.78 Å². The van der Waals surface area contributed by atoms with Crippen LogP contribution in [0.4, 0.5) is 0 Å². The summed E-state index contributed by atoms with van der Waals surface area (Å²) in [4.78, 5) is 53.7. The number of carboxylic acid groups (broad SMARTS) is 4. The fourth-order valence-electron chi connectivity index (χ4n) is 2.56. The minimum Gasteiger partial charge on any atom is -0.481 e. The smallest absolute Gasteiger partial charge is 0.336 e. The van der Waals surface area contributed by atoms with Crippen LogP contribution in [0.25, 0.3) is 0 Å². The standard InChI is InChI=1S/C16H14O3.C6H8O7/c1-11(16(18)19)13-8-5-9-14(10-13)15(17)12-6-3-2-4-7-12;7-3(8)1-6(13,5(11)12)2-4(9)10/h2-11H,1H3,(H,18,19);13H,1-2H2,(H,7,8)(H,9,10)(H,11,12). The zero-order valence-corrected chi connectivity index (χ0v) is 17.0. The molecule has 0 aromatic heterocycles.